The van der Waals surface area contributed by atoms with Gasteiger partial charge in [-0.3, -0.25) is 4.79 Å². The van der Waals surface area contributed by atoms with Gasteiger partial charge in [-0.25, -0.2) is 4.39 Å². The average molecular weight is 350 g/mol. The van der Waals surface area contributed by atoms with Gasteiger partial charge in [0.1, 0.15) is 10.7 Å². The first kappa shape index (κ1) is 13.3. The number of fused-ring (bicyclic) bond motifs is 1. The van der Waals surface area contributed by atoms with Crippen LogP contribution < -0.4 is 5.32 Å². The molecule has 2 aromatic carbocycles. The molecule has 1 heterocycles. The SMILES string of the molecule is O=C(Nc1ccccc1F)c1sc2ccccc2c1Br. The number of thiophene rings is 1. The second kappa shape index (κ2) is 5.34. The third-order valence-electron chi connectivity index (χ3n) is 2.86. The summed E-state index contributed by atoms with van der Waals surface area (Å²) in [4.78, 5) is 12.8. The summed E-state index contributed by atoms with van der Waals surface area (Å²) in [6, 6.07) is 13.8. The van der Waals surface area contributed by atoms with Crippen LogP contribution in [0.15, 0.2) is 53.0 Å². The highest BCUT2D eigenvalue weighted by molar-refractivity contribution is 9.10. The maximum Gasteiger partial charge on any atom is 0.267 e. The van der Waals surface area contributed by atoms with Gasteiger partial charge in [0.2, 0.25) is 0 Å². The smallest absolute Gasteiger partial charge is 0.267 e. The van der Waals surface area contributed by atoms with Crippen LogP contribution in [0, 0.1) is 5.82 Å². The molecule has 0 bridgehead atoms. The van der Waals surface area contributed by atoms with Crippen LogP contribution in [0.25, 0.3) is 10.1 Å². The number of para-hydroxylation sites is 1. The molecule has 0 fully saturated rings. The predicted molar refractivity (Wildman–Crippen MR) is 83.9 cm³/mol. The van der Waals surface area contributed by atoms with Crippen molar-refractivity contribution >= 4 is 48.9 Å². The maximum absolute atomic E-state index is 13.5. The van der Waals surface area contributed by atoms with E-state index < -0.39 is 5.82 Å². The Morgan fingerprint density at radius 3 is 2.55 bits per heavy atom. The third-order valence-corrected chi connectivity index (χ3v) is 5.12. The van der Waals surface area contributed by atoms with Gasteiger partial charge in [0.25, 0.3) is 5.91 Å². The number of halogens is 2. The normalized spacial score (nSPS) is 10.7. The number of benzene rings is 2. The monoisotopic (exact) mass is 349 g/mol. The lowest BCUT2D eigenvalue weighted by Crippen LogP contribution is -2.11. The van der Waals surface area contributed by atoms with Crippen molar-refractivity contribution in [2.24, 2.45) is 0 Å². The summed E-state index contributed by atoms with van der Waals surface area (Å²) in [6.45, 7) is 0. The van der Waals surface area contributed by atoms with Gasteiger partial charge in [0.05, 0.1) is 5.69 Å². The molecule has 5 heteroatoms. The highest BCUT2D eigenvalue weighted by Crippen LogP contribution is 2.35. The van der Waals surface area contributed by atoms with E-state index in [1.807, 2.05) is 24.3 Å². The Morgan fingerprint density at radius 2 is 1.80 bits per heavy atom. The molecule has 3 rings (SSSR count). The van der Waals surface area contributed by atoms with Crippen molar-refractivity contribution < 1.29 is 9.18 Å². The van der Waals surface area contributed by atoms with Gasteiger partial charge in [-0.2, -0.15) is 0 Å². The van der Waals surface area contributed by atoms with E-state index in [2.05, 4.69) is 21.2 Å². The van der Waals surface area contributed by atoms with Gasteiger partial charge in [0.15, 0.2) is 0 Å². The first-order valence-electron chi connectivity index (χ1n) is 5.90. The minimum absolute atomic E-state index is 0.182. The minimum atomic E-state index is -0.446. The quantitative estimate of drug-likeness (QED) is 0.688. The Kier molecular flexibility index (Phi) is 3.54. The third kappa shape index (κ3) is 2.34. The maximum atomic E-state index is 13.5. The van der Waals surface area contributed by atoms with Crippen LogP contribution in [-0.4, -0.2) is 5.91 Å². The van der Waals surface area contributed by atoms with E-state index in [4.69, 9.17) is 0 Å². The highest BCUT2D eigenvalue weighted by Gasteiger charge is 2.17. The Balaban J connectivity index is 1.97. The zero-order valence-electron chi connectivity index (χ0n) is 10.2. The number of anilines is 1. The molecule has 100 valence electrons. The van der Waals surface area contributed by atoms with E-state index in [9.17, 15) is 9.18 Å². The average Bonchev–Trinajstić information content (AvgIpc) is 2.79. The first-order chi connectivity index (χ1) is 9.66. The molecule has 1 N–H and O–H groups in total. The molecule has 0 atom stereocenters. The number of nitrogens with one attached hydrogen (secondary N) is 1. The van der Waals surface area contributed by atoms with E-state index in [0.29, 0.717) is 4.88 Å². The summed E-state index contributed by atoms with van der Waals surface area (Å²) in [5.74, 6) is -0.763. The largest absolute Gasteiger partial charge is 0.319 e. The zero-order chi connectivity index (χ0) is 14.1. The molecule has 0 saturated carbocycles. The van der Waals surface area contributed by atoms with Crippen LogP contribution in [0.2, 0.25) is 0 Å². The number of carbonyl (C=O) groups excluding carboxylic acids is 1. The summed E-state index contributed by atoms with van der Waals surface area (Å²) in [5.41, 5.74) is 0.182. The number of rotatable bonds is 2. The second-order valence-corrected chi connectivity index (χ2v) is 6.02. The molecular weight excluding hydrogens is 341 g/mol. The van der Waals surface area contributed by atoms with Crippen LogP contribution in [0.3, 0.4) is 0 Å². The van der Waals surface area contributed by atoms with Gasteiger partial charge in [0, 0.05) is 14.6 Å². The molecule has 0 spiro atoms. The van der Waals surface area contributed by atoms with Crippen molar-refractivity contribution in [1.29, 1.82) is 0 Å². The van der Waals surface area contributed by atoms with Crippen LogP contribution >= 0.6 is 27.3 Å². The Labute approximate surface area is 127 Å². The molecule has 3 aromatic rings. The van der Waals surface area contributed by atoms with Crippen molar-refractivity contribution in [2.45, 2.75) is 0 Å². The Morgan fingerprint density at radius 1 is 1.10 bits per heavy atom. The lowest BCUT2D eigenvalue weighted by molar-refractivity contribution is 0.102. The van der Waals surface area contributed by atoms with E-state index in [-0.39, 0.29) is 11.6 Å². The molecule has 20 heavy (non-hydrogen) atoms. The van der Waals surface area contributed by atoms with Crippen LogP contribution in [0.4, 0.5) is 10.1 Å². The lowest BCUT2D eigenvalue weighted by atomic mass is 10.2. The fourth-order valence-corrected chi connectivity index (χ4v) is 3.79. The van der Waals surface area contributed by atoms with E-state index in [0.717, 1.165) is 14.6 Å². The highest BCUT2D eigenvalue weighted by atomic mass is 79.9. The topological polar surface area (TPSA) is 29.1 Å². The van der Waals surface area contributed by atoms with E-state index in [1.54, 1.807) is 12.1 Å². The van der Waals surface area contributed by atoms with Crippen molar-refractivity contribution in [2.75, 3.05) is 5.32 Å². The van der Waals surface area contributed by atoms with Crippen molar-refractivity contribution in [3.63, 3.8) is 0 Å². The summed E-state index contributed by atoms with van der Waals surface area (Å²) in [6.07, 6.45) is 0. The van der Waals surface area contributed by atoms with Crippen molar-refractivity contribution in [1.82, 2.24) is 0 Å². The molecule has 0 saturated heterocycles. The van der Waals surface area contributed by atoms with Gasteiger partial charge in [-0.1, -0.05) is 30.3 Å². The molecule has 0 radical (unpaired) electrons. The predicted octanol–water partition coefficient (Wildman–Crippen LogP) is 5.06. The summed E-state index contributed by atoms with van der Waals surface area (Å²) < 4.78 is 15.3. The summed E-state index contributed by atoms with van der Waals surface area (Å²) in [7, 11) is 0. The molecule has 0 aliphatic rings. The van der Waals surface area contributed by atoms with Gasteiger partial charge in [-0.05, 0) is 34.1 Å². The number of carbonyl (C=O) groups is 1. The number of hydrogen-bond acceptors (Lipinski definition) is 2. The molecule has 0 aliphatic carbocycles. The summed E-state index contributed by atoms with van der Waals surface area (Å²) in [5, 5.41) is 3.58. The molecule has 1 aromatic heterocycles. The van der Waals surface area contributed by atoms with E-state index in [1.165, 1.54) is 23.5 Å². The fourth-order valence-electron chi connectivity index (χ4n) is 1.90. The summed E-state index contributed by atoms with van der Waals surface area (Å²) >= 11 is 4.82. The second-order valence-electron chi connectivity index (χ2n) is 4.18. The van der Waals surface area contributed by atoms with Gasteiger partial charge < -0.3 is 5.32 Å². The zero-order valence-corrected chi connectivity index (χ0v) is 12.6. The fraction of sp³-hybridized carbons (Fsp3) is 0. The van der Waals surface area contributed by atoms with Crippen LogP contribution in [-0.2, 0) is 0 Å². The molecule has 0 aliphatic heterocycles. The van der Waals surface area contributed by atoms with Gasteiger partial charge >= 0.3 is 0 Å². The Bertz CT molecular complexity index is 799. The lowest BCUT2D eigenvalue weighted by Gasteiger charge is -2.04. The van der Waals surface area contributed by atoms with Crippen LogP contribution in [0.1, 0.15) is 9.67 Å². The number of amides is 1. The van der Waals surface area contributed by atoms with Gasteiger partial charge in [-0.15, -0.1) is 11.3 Å². The van der Waals surface area contributed by atoms with Crippen molar-refractivity contribution in [3.05, 3.63) is 63.7 Å². The molecule has 0 unspecified atom stereocenters. The molecule has 1 amide bonds. The number of hydrogen-bond donors (Lipinski definition) is 1. The minimum Gasteiger partial charge on any atom is -0.319 e. The molecular formula is C15H9BrFNOS. The standard InChI is InChI=1S/C15H9BrFNOS/c16-13-9-5-1-4-8-12(9)20-14(13)15(19)18-11-7-3-2-6-10(11)17/h1-8H,(H,18,19). The Hall–Kier alpha value is -1.72. The van der Waals surface area contributed by atoms with Crippen LogP contribution in [0.5, 0.6) is 0 Å². The molecule has 2 nitrogen and oxygen atoms in total. The van der Waals surface area contributed by atoms with Crippen molar-refractivity contribution in [3.8, 4) is 0 Å². The van der Waals surface area contributed by atoms with E-state index >= 15 is 0 Å². The first-order valence-corrected chi connectivity index (χ1v) is 7.50.